The molecule has 5 aromatic rings. The predicted molar refractivity (Wildman–Crippen MR) is 196 cm³/mol. The highest BCUT2D eigenvalue weighted by Gasteiger charge is 2.45. The molecule has 0 saturated heterocycles. The summed E-state index contributed by atoms with van der Waals surface area (Å²) in [6, 6.07) is 17.5. The van der Waals surface area contributed by atoms with Crippen molar-refractivity contribution in [3.05, 3.63) is 95.3 Å². The van der Waals surface area contributed by atoms with Crippen molar-refractivity contribution in [2.45, 2.75) is 37.0 Å². The number of nitrogens with one attached hydrogen (secondary N) is 5. The summed E-state index contributed by atoms with van der Waals surface area (Å²) in [4.78, 5) is 62.8. The second-order valence-electron chi connectivity index (χ2n) is 12.4. The number of alkyl halides is 3. The molecule has 18 nitrogen and oxygen atoms in total. The van der Waals surface area contributed by atoms with Crippen LogP contribution >= 0.6 is 11.6 Å². The number of methoxy groups -OCH3 is 1. The molecule has 22 heteroatoms. The van der Waals surface area contributed by atoms with Gasteiger partial charge in [-0.3, -0.25) is 14.4 Å². The Balaban J connectivity index is 1.04. The van der Waals surface area contributed by atoms with Crippen molar-refractivity contribution in [3.8, 4) is 11.7 Å². The molecular formula is C35H32ClF3N12O6. The zero-order valence-corrected chi connectivity index (χ0v) is 30.5. The molecule has 0 aliphatic heterocycles. The van der Waals surface area contributed by atoms with E-state index in [1.165, 1.54) is 35.3 Å². The minimum absolute atomic E-state index is 0.0355. The number of benzene rings is 3. The minimum atomic E-state index is -4.64. The van der Waals surface area contributed by atoms with Crippen molar-refractivity contribution in [1.82, 2.24) is 45.8 Å². The third-order valence-corrected chi connectivity index (χ3v) is 8.59. The number of hydrogen-bond donors (Lipinski definition) is 5. The van der Waals surface area contributed by atoms with E-state index in [4.69, 9.17) is 21.1 Å². The van der Waals surface area contributed by atoms with E-state index in [9.17, 15) is 32.3 Å². The van der Waals surface area contributed by atoms with Crippen molar-refractivity contribution in [1.29, 1.82) is 0 Å². The Morgan fingerprint density at radius 1 is 0.895 bits per heavy atom. The smallest absolute Gasteiger partial charge is 0.422 e. The highest BCUT2D eigenvalue weighted by molar-refractivity contribution is 6.39. The standard InChI is InChI=1S/C35H32ClF3N12O6/c1-56-30(55)26(14-17-40-28(53)29(54)42-23-10-12-25(13-11-23)51-19-41-49-50-51)44-27(52)20-2-8-24(9-3-20)43-31-45-32(47-33(46-31)57-18-35(37,38)39)48-34(15-16-34)21-4-6-22(36)7-5-21/h2-13,19,26H,14-18H2,1H3,(H,40,53)(H,42,54)(H,44,52)(H2,43,45,46,47,48)/t26-/m0/s1. The lowest BCUT2D eigenvalue weighted by molar-refractivity contribution is -0.154. The molecule has 2 aromatic heterocycles. The lowest BCUT2D eigenvalue weighted by Gasteiger charge is -2.19. The van der Waals surface area contributed by atoms with Crippen LogP contribution in [-0.2, 0) is 24.7 Å². The fourth-order valence-electron chi connectivity index (χ4n) is 5.32. The summed E-state index contributed by atoms with van der Waals surface area (Å²) in [6.07, 6.45) is -1.96. The van der Waals surface area contributed by atoms with E-state index >= 15 is 0 Å². The van der Waals surface area contributed by atoms with Crippen LogP contribution in [0, 0.1) is 0 Å². The molecule has 3 amide bonds. The maximum atomic E-state index is 13.1. The summed E-state index contributed by atoms with van der Waals surface area (Å²) in [7, 11) is 1.13. The molecule has 1 saturated carbocycles. The van der Waals surface area contributed by atoms with Gasteiger partial charge >= 0.3 is 30.0 Å². The summed E-state index contributed by atoms with van der Waals surface area (Å²) < 4.78 is 49.9. The van der Waals surface area contributed by atoms with Crippen LogP contribution in [0.5, 0.6) is 6.01 Å². The number of halogens is 4. The van der Waals surface area contributed by atoms with E-state index in [1.807, 2.05) is 12.1 Å². The van der Waals surface area contributed by atoms with Crippen LogP contribution in [-0.4, -0.2) is 91.3 Å². The largest absolute Gasteiger partial charge is 0.467 e. The molecular weight excluding hydrogens is 777 g/mol. The summed E-state index contributed by atoms with van der Waals surface area (Å²) in [5, 5.41) is 24.8. The lowest BCUT2D eigenvalue weighted by atomic mass is 10.1. The van der Waals surface area contributed by atoms with Crippen molar-refractivity contribution in [2.75, 3.05) is 36.2 Å². The molecule has 0 unspecified atom stereocenters. The Hall–Kier alpha value is -6.90. The van der Waals surface area contributed by atoms with E-state index in [0.29, 0.717) is 34.9 Å². The van der Waals surface area contributed by atoms with Crippen molar-refractivity contribution < 1.29 is 41.8 Å². The second kappa shape index (κ2) is 17.3. The average molecular weight is 809 g/mol. The van der Waals surface area contributed by atoms with E-state index in [-0.39, 0.29) is 30.4 Å². The highest BCUT2D eigenvalue weighted by Crippen LogP contribution is 2.48. The first-order chi connectivity index (χ1) is 27.3. The third kappa shape index (κ3) is 10.9. The monoisotopic (exact) mass is 808 g/mol. The van der Waals surface area contributed by atoms with Gasteiger partial charge < -0.3 is 36.1 Å². The first kappa shape index (κ1) is 39.8. The molecule has 1 fully saturated rings. The number of amides is 3. The average Bonchev–Trinajstić information content (AvgIpc) is 3.75. The molecule has 0 bridgehead atoms. The van der Waals surface area contributed by atoms with Gasteiger partial charge in [0.15, 0.2) is 6.61 Å². The van der Waals surface area contributed by atoms with Crippen LogP contribution in [0.3, 0.4) is 0 Å². The van der Waals surface area contributed by atoms with E-state index in [2.05, 4.69) is 57.1 Å². The van der Waals surface area contributed by atoms with Gasteiger partial charge in [-0.2, -0.15) is 28.1 Å². The van der Waals surface area contributed by atoms with Crippen LogP contribution in [0.25, 0.3) is 5.69 Å². The van der Waals surface area contributed by atoms with E-state index in [1.54, 1.807) is 36.4 Å². The van der Waals surface area contributed by atoms with Crippen molar-refractivity contribution in [2.24, 2.45) is 0 Å². The molecule has 0 spiro atoms. The molecule has 1 aliphatic rings. The number of nitrogens with zero attached hydrogens (tertiary/aromatic N) is 7. The molecule has 296 valence electrons. The van der Waals surface area contributed by atoms with Crippen molar-refractivity contribution in [3.63, 3.8) is 0 Å². The summed E-state index contributed by atoms with van der Waals surface area (Å²) in [5.41, 5.74) is 1.75. The molecule has 5 N–H and O–H groups in total. The van der Waals surface area contributed by atoms with Crippen molar-refractivity contribution >= 4 is 58.6 Å². The minimum Gasteiger partial charge on any atom is -0.467 e. The molecule has 1 atom stereocenters. The van der Waals surface area contributed by atoms with E-state index < -0.39 is 54.1 Å². The van der Waals surface area contributed by atoms with Gasteiger partial charge in [-0.25, -0.2) is 9.48 Å². The first-order valence-corrected chi connectivity index (χ1v) is 17.4. The summed E-state index contributed by atoms with van der Waals surface area (Å²) in [5.74, 6) is -3.59. The Morgan fingerprint density at radius 3 is 2.21 bits per heavy atom. The zero-order chi connectivity index (χ0) is 40.6. The topological polar surface area (TPSA) is 229 Å². The summed E-state index contributed by atoms with van der Waals surface area (Å²) >= 11 is 6.03. The molecule has 1 aliphatic carbocycles. The molecule has 2 heterocycles. The first-order valence-electron chi connectivity index (χ1n) is 17.0. The molecule has 6 rings (SSSR count). The maximum absolute atomic E-state index is 13.1. The number of aromatic nitrogens is 7. The van der Waals surface area contributed by atoms with Crippen LogP contribution in [0.4, 0.5) is 36.4 Å². The Morgan fingerprint density at radius 2 is 1.58 bits per heavy atom. The molecule has 0 radical (unpaired) electrons. The number of carbonyl (C=O) groups is 4. The maximum Gasteiger partial charge on any atom is 0.422 e. The third-order valence-electron chi connectivity index (χ3n) is 8.34. The van der Waals surface area contributed by atoms with Gasteiger partial charge in [0.1, 0.15) is 12.4 Å². The number of hydrogen-bond acceptors (Lipinski definition) is 14. The zero-order valence-electron chi connectivity index (χ0n) is 29.7. The Bertz CT molecular complexity index is 2210. The van der Waals surface area contributed by atoms with Gasteiger partial charge in [-0.05, 0) is 95.9 Å². The predicted octanol–water partition coefficient (Wildman–Crippen LogP) is 3.70. The fraction of sp³-hybridized carbons (Fsp3) is 0.257. The highest BCUT2D eigenvalue weighted by atomic mass is 35.5. The van der Waals surface area contributed by atoms with Gasteiger partial charge in [-0.1, -0.05) is 23.7 Å². The van der Waals surface area contributed by atoms with Gasteiger partial charge in [0.05, 0.1) is 18.3 Å². The number of tetrazole rings is 1. The number of rotatable bonds is 15. The number of carbonyl (C=O) groups excluding carboxylic acids is 4. The van der Waals surface area contributed by atoms with Gasteiger partial charge in [-0.15, -0.1) is 5.10 Å². The van der Waals surface area contributed by atoms with Crippen LogP contribution < -0.4 is 31.3 Å². The molecule has 3 aromatic carbocycles. The normalized spacial score (nSPS) is 13.4. The van der Waals surface area contributed by atoms with Crippen LogP contribution in [0.15, 0.2) is 79.1 Å². The quantitative estimate of drug-likeness (QED) is 0.0751. The number of ether oxygens (including phenoxy) is 2. The number of anilines is 4. The van der Waals surface area contributed by atoms with Crippen LogP contribution in [0.2, 0.25) is 5.02 Å². The number of esters is 1. The Labute approximate surface area is 325 Å². The molecule has 57 heavy (non-hydrogen) atoms. The second-order valence-corrected chi connectivity index (χ2v) is 12.9. The van der Waals surface area contributed by atoms with Gasteiger partial charge in [0.2, 0.25) is 11.9 Å². The Kier molecular flexibility index (Phi) is 12.1. The van der Waals surface area contributed by atoms with Crippen LogP contribution in [0.1, 0.15) is 35.2 Å². The summed E-state index contributed by atoms with van der Waals surface area (Å²) in [6.45, 7) is -1.80. The SMILES string of the molecule is COC(=O)[C@H](CCNC(=O)C(=O)Nc1ccc(-n2cnnn2)cc1)NC(=O)c1ccc(Nc2nc(NC3(c4ccc(Cl)cc4)CC3)nc(OCC(F)(F)F)n2)cc1. The van der Waals surface area contributed by atoms with Gasteiger partial charge in [0, 0.05) is 28.5 Å². The van der Waals surface area contributed by atoms with E-state index in [0.717, 1.165) is 12.7 Å². The lowest BCUT2D eigenvalue weighted by Crippen LogP contribution is -2.44. The van der Waals surface area contributed by atoms with Gasteiger partial charge in [0.25, 0.3) is 5.91 Å². The fourth-order valence-corrected chi connectivity index (χ4v) is 5.44.